The molecule has 3 rings (SSSR count). The molecule has 4 amide bonds. The highest BCUT2D eigenvalue weighted by molar-refractivity contribution is 5.95. The van der Waals surface area contributed by atoms with Crippen LogP contribution < -0.4 is 16.4 Å². The summed E-state index contributed by atoms with van der Waals surface area (Å²) in [6.07, 6.45) is 30.1. The summed E-state index contributed by atoms with van der Waals surface area (Å²) in [7, 11) is 0. The molecule has 2 heterocycles. The number of ketones is 1. The number of carbonyl (C=O) groups excluding carboxylic acids is 5. The highest BCUT2D eigenvalue weighted by Gasteiger charge is 2.44. The summed E-state index contributed by atoms with van der Waals surface area (Å²) < 4.78 is 0. The van der Waals surface area contributed by atoms with Crippen LogP contribution in [0.15, 0.2) is 24.3 Å². The monoisotopic (exact) mass is 837 g/mol. The van der Waals surface area contributed by atoms with Crippen LogP contribution >= 0.6 is 0 Å². The Morgan fingerprint density at radius 1 is 0.683 bits per heavy atom. The number of primary amides is 1. The summed E-state index contributed by atoms with van der Waals surface area (Å²) in [5.74, 6) is -2.16. The summed E-state index contributed by atoms with van der Waals surface area (Å²) in [4.78, 5) is 67.7. The van der Waals surface area contributed by atoms with E-state index in [4.69, 9.17) is 5.73 Å². The average Bonchev–Trinajstić information content (AvgIpc) is 3.66. The van der Waals surface area contributed by atoms with E-state index >= 15 is 0 Å². The molecule has 2 aliphatic heterocycles. The molecule has 4 N–H and O–H groups in total. The number of hydrogen-bond donors (Lipinski definition) is 3. The third-order valence-corrected chi connectivity index (χ3v) is 12.8. The van der Waals surface area contributed by atoms with Gasteiger partial charge < -0.3 is 21.3 Å². The second kappa shape index (κ2) is 32.5. The third kappa shape index (κ3) is 21.5. The van der Waals surface area contributed by atoms with Crippen molar-refractivity contribution in [3.63, 3.8) is 0 Å². The number of nitrogens with two attached hydrogens (primary N) is 1. The van der Waals surface area contributed by atoms with Gasteiger partial charge in [0.1, 0.15) is 6.04 Å². The number of aryl methyl sites for hydroxylation is 1. The molecule has 0 spiro atoms. The molecule has 1 aromatic rings. The lowest BCUT2D eigenvalue weighted by atomic mass is 9.92. The van der Waals surface area contributed by atoms with Crippen LogP contribution in [0.1, 0.15) is 219 Å². The number of Topliss-reactive ketones (excluding diaryl/α,β-unsaturated/α-hetero) is 1. The molecule has 0 aromatic heterocycles. The van der Waals surface area contributed by atoms with Crippen LogP contribution in [-0.4, -0.2) is 59.0 Å². The van der Waals surface area contributed by atoms with Crippen LogP contribution in [0.2, 0.25) is 0 Å². The van der Waals surface area contributed by atoms with Crippen LogP contribution in [0.3, 0.4) is 0 Å². The number of nitrogens with zero attached hydrogens (tertiary/aromatic N) is 1. The van der Waals surface area contributed by atoms with Gasteiger partial charge >= 0.3 is 0 Å². The van der Waals surface area contributed by atoms with Gasteiger partial charge in [-0.15, -0.1) is 0 Å². The smallest absolute Gasteiger partial charge is 0.246 e. The van der Waals surface area contributed by atoms with Crippen molar-refractivity contribution in [2.45, 2.75) is 239 Å². The molecule has 0 radical (unpaired) electrons. The normalized spacial score (nSPS) is 18.6. The maximum Gasteiger partial charge on any atom is 0.246 e. The molecule has 2 saturated heterocycles. The zero-order valence-electron chi connectivity index (χ0n) is 39.0. The molecule has 0 bridgehead atoms. The second-order valence-corrected chi connectivity index (χ2v) is 18.1. The van der Waals surface area contributed by atoms with Gasteiger partial charge in [0.15, 0.2) is 5.78 Å². The van der Waals surface area contributed by atoms with Crippen LogP contribution in [-0.2, 0) is 30.4 Å². The van der Waals surface area contributed by atoms with Crippen molar-refractivity contribution in [2.24, 2.45) is 17.6 Å². The van der Waals surface area contributed by atoms with E-state index in [1.54, 1.807) is 4.90 Å². The first-order valence-corrected chi connectivity index (χ1v) is 24.8. The molecule has 60 heavy (non-hydrogen) atoms. The second-order valence-electron chi connectivity index (χ2n) is 18.1. The van der Waals surface area contributed by atoms with Crippen molar-refractivity contribution in [3.05, 3.63) is 35.4 Å². The van der Waals surface area contributed by atoms with Crippen LogP contribution in [0, 0.1) is 18.8 Å². The van der Waals surface area contributed by atoms with Gasteiger partial charge in [-0.2, -0.15) is 0 Å². The quantitative estimate of drug-likeness (QED) is 0.0662. The number of benzene rings is 1. The molecule has 9 nitrogen and oxygen atoms in total. The van der Waals surface area contributed by atoms with Crippen molar-refractivity contribution in [3.8, 4) is 0 Å². The summed E-state index contributed by atoms with van der Waals surface area (Å²) in [5, 5.41) is 6.02. The zero-order chi connectivity index (χ0) is 44.0. The van der Waals surface area contributed by atoms with Gasteiger partial charge in [-0.3, -0.25) is 24.0 Å². The number of amides is 4. The van der Waals surface area contributed by atoms with Crippen LogP contribution in [0.5, 0.6) is 0 Å². The minimum absolute atomic E-state index is 0.0209. The Kier molecular flexibility index (Phi) is 28.6. The Labute approximate surface area is 366 Å². The van der Waals surface area contributed by atoms with E-state index in [1.165, 1.54) is 95.5 Å². The number of nitrogens with one attached hydrogen (secondary N) is 2. The molecular weight excluding hydrogens is 749 g/mol. The molecule has 1 aromatic carbocycles. The highest BCUT2D eigenvalue weighted by atomic mass is 16.2. The highest BCUT2D eigenvalue weighted by Crippen LogP contribution is 2.33. The maximum absolute atomic E-state index is 14.0. The Balaban J connectivity index is 0.000000700. The van der Waals surface area contributed by atoms with Crippen molar-refractivity contribution < 1.29 is 24.0 Å². The number of fused-ring (bicyclic) bond motifs is 1. The van der Waals surface area contributed by atoms with E-state index in [0.717, 1.165) is 56.9 Å². The third-order valence-electron chi connectivity index (χ3n) is 12.8. The molecule has 0 aliphatic carbocycles. The lowest BCUT2D eigenvalue weighted by Gasteiger charge is -2.36. The van der Waals surface area contributed by atoms with Crippen LogP contribution in [0.25, 0.3) is 0 Å². The minimum atomic E-state index is -0.678. The number of unbranched alkanes of at least 4 members (excludes halogenated alkanes) is 16. The summed E-state index contributed by atoms with van der Waals surface area (Å²) >= 11 is 0. The Bertz CT molecular complexity index is 1340. The zero-order valence-corrected chi connectivity index (χ0v) is 39.0. The van der Waals surface area contributed by atoms with Gasteiger partial charge in [0.05, 0.1) is 6.04 Å². The fraction of sp³-hybridized carbons (Fsp3) is 0.784. The van der Waals surface area contributed by atoms with Gasteiger partial charge in [-0.1, -0.05) is 180 Å². The first kappa shape index (κ1) is 52.9. The van der Waals surface area contributed by atoms with E-state index in [-0.39, 0.29) is 54.7 Å². The molecule has 2 fully saturated rings. The minimum Gasteiger partial charge on any atom is -0.370 e. The Morgan fingerprint density at radius 3 is 1.75 bits per heavy atom. The van der Waals surface area contributed by atoms with Gasteiger partial charge in [-0.05, 0) is 63.9 Å². The molecule has 1 unspecified atom stereocenters. The lowest BCUT2D eigenvalue weighted by molar-refractivity contribution is -0.144. The van der Waals surface area contributed by atoms with E-state index in [0.29, 0.717) is 32.2 Å². The Hall–Kier alpha value is -3.23. The molecule has 9 heteroatoms. The van der Waals surface area contributed by atoms with E-state index < -0.39 is 23.9 Å². The standard InChI is InChI=1S/C36H56N4O5.C15H32/c1-4-6-7-8-11-22-38-34(43)28(18-21-33(37)42)24-32(41)31-20-19-29-12-9-10-13-30(36(45)40(29)31)39-35(44)27(5-2)23-26-16-14-25(3)15-17-26;1-3-5-7-9-11-13-15-14-12-10-8-6-4-2/h14-17,27-31H,4-13,18-24H2,1-3H3,(H2,37,42)(H,38,43)(H,39,44);3-15H2,1-2H3/t27-,28+,29-,30?,31-;/m0./s1. The average molecular weight is 837 g/mol. The van der Waals surface area contributed by atoms with E-state index in [1.807, 2.05) is 38.1 Å². The number of hydrogen-bond acceptors (Lipinski definition) is 5. The molecular formula is C51H88N4O5. The predicted octanol–water partition coefficient (Wildman–Crippen LogP) is 11.0. The Morgan fingerprint density at radius 2 is 1.22 bits per heavy atom. The van der Waals surface area contributed by atoms with E-state index in [2.05, 4.69) is 31.4 Å². The summed E-state index contributed by atoms with van der Waals surface area (Å²) in [6, 6.07) is 6.81. The van der Waals surface area contributed by atoms with Crippen LogP contribution in [0.4, 0.5) is 0 Å². The predicted molar refractivity (Wildman–Crippen MR) is 247 cm³/mol. The van der Waals surface area contributed by atoms with Crippen molar-refractivity contribution in [1.29, 1.82) is 0 Å². The van der Waals surface area contributed by atoms with Crippen molar-refractivity contribution >= 4 is 29.4 Å². The van der Waals surface area contributed by atoms with Gasteiger partial charge in [0.25, 0.3) is 0 Å². The van der Waals surface area contributed by atoms with Crippen molar-refractivity contribution in [1.82, 2.24) is 15.5 Å². The molecule has 0 saturated carbocycles. The topological polar surface area (TPSA) is 139 Å². The van der Waals surface area contributed by atoms with Gasteiger partial charge in [0.2, 0.25) is 23.6 Å². The number of carbonyl (C=O) groups is 5. The molecule has 5 atom stereocenters. The fourth-order valence-electron chi connectivity index (χ4n) is 8.90. The van der Waals surface area contributed by atoms with Crippen molar-refractivity contribution in [2.75, 3.05) is 6.54 Å². The largest absolute Gasteiger partial charge is 0.370 e. The molecule has 342 valence electrons. The first-order valence-electron chi connectivity index (χ1n) is 24.8. The van der Waals surface area contributed by atoms with Gasteiger partial charge in [-0.25, -0.2) is 0 Å². The summed E-state index contributed by atoms with van der Waals surface area (Å²) in [6.45, 7) is 11.3. The fourth-order valence-corrected chi connectivity index (χ4v) is 8.90. The SMILES string of the molecule is CCCCCCCCCCCCCCC.CCCCCCCNC(=O)[C@H](CCC(N)=O)CC(=O)[C@@H]1CC[C@@H]2CCCCC(NC(=O)[C@@H](CC)Cc3ccc(C)cc3)C(=O)N21. The first-order chi connectivity index (χ1) is 29.1. The number of rotatable bonds is 30. The maximum atomic E-state index is 14.0. The molecule has 2 aliphatic rings. The summed E-state index contributed by atoms with van der Waals surface area (Å²) in [5.41, 5.74) is 7.64. The lowest BCUT2D eigenvalue weighted by Crippen LogP contribution is -2.55. The van der Waals surface area contributed by atoms with E-state index in [9.17, 15) is 24.0 Å². The van der Waals surface area contributed by atoms with Gasteiger partial charge in [0, 0.05) is 37.3 Å².